The summed E-state index contributed by atoms with van der Waals surface area (Å²) in [5.41, 5.74) is 0. The van der Waals surface area contributed by atoms with Gasteiger partial charge < -0.3 is 14.7 Å². The van der Waals surface area contributed by atoms with Gasteiger partial charge in [-0.2, -0.15) is 4.98 Å². The van der Waals surface area contributed by atoms with Gasteiger partial charge in [-0.05, 0) is 26.4 Å². The number of likely N-dealkylation sites (N-methyl/N-ethyl adjacent to an activating group) is 1. The number of likely N-dealkylation sites (tertiary alicyclic amines) is 1. The molecule has 14 heavy (non-hydrogen) atoms. The second-order valence-electron chi connectivity index (χ2n) is 3.83. The standard InChI is InChI=1S/C9H16N4O/c1-13-4-2-3-8(6-13)10-5-9-11-7-14-12-9/h7-8,10H,2-6H2,1H3. The summed E-state index contributed by atoms with van der Waals surface area (Å²) >= 11 is 0. The van der Waals surface area contributed by atoms with E-state index in [1.165, 1.54) is 25.8 Å². The Hall–Kier alpha value is -0.940. The van der Waals surface area contributed by atoms with Crippen molar-refractivity contribution >= 4 is 0 Å². The summed E-state index contributed by atoms with van der Waals surface area (Å²) in [6, 6.07) is 0.562. The van der Waals surface area contributed by atoms with Crippen molar-refractivity contribution in [3.05, 3.63) is 12.2 Å². The van der Waals surface area contributed by atoms with Crippen molar-refractivity contribution in [2.45, 2.75) is 25.4 Å². The van der Waals surface area contributed by atoms with Gasteiger partial charge in [0.2, 0.25) is 6.39 Å². The smallest absolute Gasteiger partial charge is 0.213 e. The first-order valence-corrected chi connectivity index (χ1v) is 5.02. The molecule has 1 saturated heterocycles. The summed E-state index contributed by atoms with van der Waals surface area (Å²) < 4.78 is 4.66. The van der Waals surface area contributed by atoms with E-state index < -0.39 is 0 Å². The Balaban J connectivity index is 1.75. The second-order valence-corrected chi connectivity index (χ2v) is 3.83. The lowest BCUT2D eigenvalue weighted by Crippen LogP contribution is -2.43. The molecule has 1 atom stereocenters. The minimum absolute atomic E-state index is 0.562. The number of piperidine rings is 1. The summed E-state index contributed by atoms with van der Waals surface area (Å²) in [5, 5.41) is 7.19. The topological polar surface area (TPSA) is 54.2 Å². The molecule has 2 rings (SSSR count). The third-order valence-electron chi connectivity index (χ3n) is 2.58. The molecule has 0 amide bonds. The van der Waals surface area contributed by atoms with Gasteiger partial charge in [0, 0.05) is 12.6 Å². The molecule has 0 aromatic carbocycles. The van der Waals surface area contributed by atoms with Gasteiger partial charge in [0.25, 0.3) is 0 Å². The van der Waals surface area contributed by atoms with E-state index in [0.717, 1.165) is 12.4 Å². The lowest BCUT2D eigenvalue weighted by molar-refractivity contribution is 0.225. The molecule has 0 radical (unpaired) electrons. The normalized spacial score (nSPS) is 23.9. The molecule has 1 aliphatic rings. The van der Waals surface area contributed by atoms with E-state index in [9.17, 15) is 0 Å². The highest BCUT2D eigenvalue weighted by molar-refractivity contribution is 4.81. The maximum absolute atomic E-state index is 4.66. The molecule has 5 nitrogen and oxygen atoms in total. The average Bonchev–Trinajstić information content (AvgIpc) is 2.67. The SMILES string of the molecule is CN1CCCC(NCc2ncon2)C1. The van der Waals surface area contributed by atoms with Crippen molar-refractivity contribution < 1.29 is 4.52 Å². The van der Waals surface area contributed by atoms with Crippen molar-refractivity contribution in [1.29, 1.82) is 0 Å². The minimum atomic E-state index is 0.562. The molecule has 1 fully saturated rings. The highest BCUT2D eigenvalue weighted by atomic mass is 16.5. The zero-order valence-electron chi connectivity index (χ0n) is 8.44. The number of rotatable bonds is 3. The third-order valence-corrected chi connectivity index (χ3v) is 2.58. The van der Waals surface area contributed by atoms with Gasteiger partial charge in [-0.3, -0.25) is 0 Å². The molecule has 2 heterocycles. The molecular weight excluding hydrogens is 180 g/mol. The van der Waals surface area contributed by atoms with E-state index in [1.54, 1.807) is 0 Å². The second kappa shape index (κ2) is 4.52. The first kappa shape index (κ1) is 9.61. The lowest BCUT2D eigenvalue weighted by atomic mass is 10.1. The van der Waals surface area contributed by atoms with E-state index >= 15 is 0 Å². The van der Waals surface area contributed by atoms with Crippen LogP contribution in [-0.2, 0) is 6.54 Å². The van der Waals surface area contributed by atoms with Crippen LogP contribution < -0.4 is 5.32 Å². The van der Waals surface area contributed by atoms with Crippen molar-refractivity contribution in [2.75, 3.05) is 20.1 Å². The van der Waals surface area contributed by atoms with Gasteiger partial charge in [-0.1, -0.05) is 5.16 Å². The van der Waals surface area contributed by atoms with Crippen LogP contribution in [0.15, 0.2) is 10.9 Å². The van der Waals surface area contributed by atoms with E-state index in [1.807, 2.05) is 0 Å². The summed E-state index contributed by atoms with van der Waals surface area (Å²) in [6.07, 6.45) is 3.87. The molecule has 0 spiro atoms. The fourth-order valence-corrected chi connectivity index (χ4v) is 1.84. The Morgan fingerprint density at radius 3 is 3.36 bits per heavy atom. The molecule has 1 aromatic rings. The van der Waals surface area contributed by atoms with Gasteiger partial charge in [0.05, 0.1) is 6.54 Å². The number of aromatic nitrogens is 2. The zero-order valence-corrected chi connectivity index (χ0v) is 8.44. The predicted octanol–water partition coefficient (Wildman–Crippen LogP) is 0.253. The molecule has 5 heteroatoms. The van der Waals surface area contributed by atoms with Crippen LogP contribution >= 0.6 is 0 Å². The first-order valence-electron chi connectivity index (χ1n) is 5.02. The number of nitrogens with one attached hydrogen (secondary N) is 1. The summed E-state index contributed by atoms with van der Waals surface area (Å²) in [6.45, 7) is 3.02. The van der Waals surface area contributed by atoms with Crippen LogP contribution in [-0.4, -0.2) is 41.2 Å². The summed E-state index contributed by atoms with van der Waals surface area (Å²) in [7, 11) is 2.15. The van der Waals surface area contributed by atoms with Crippen molar-refractivity contribution in [3.8, 4) is 0 Å². The Bertz CT molecular complexity index is 262. The van der Waals surface area contributed by atoms with Crippen molar-refractivity contribution in [2.24, 2.45) is 0 Å². The summed E-state index contributed by atoms with van der Waals surface area (Å²) in [5.74, 6) is 0.734. The van der Waals surface area contributed by atoms with Crippen LogP contribution in [0.5, 0.6) is 0 Å². The Morgan fingerprint density at radius 2 is 2.64 bits per heavy atom. The van der Waals surface area contributed by atoms with Crippen molar-refractivity contribution in [1.82, 2.24) is 20.4 Å². The van der Waals surface area contributed by atoms with Crippen LogP contribution in [0.3, 0.4) is 0 Å². The van der Waals surface area contributed by atoms with Gasteiger partial charge in [0.15, 0.2) is 5.82 Å². The number of hydrogen-bond acceptors (Lipinski definition) is 5. The molecule has 1 aliphatic heterocycles. The average molecular weight is 196 g/mol. The maximum atomic E-state index is 4.66. The highest BCUT2D eigenvalue weighted by Gasteiger charge is 2.16. The van der Waals surface area contributed by atoms with Crippen LogP contribution in [0.25, 0.3) is 0 Å². The van der Waals surface area contributed by atoms with Gasteiger partial charge in [0.1, 0.15) is 0 Å². The largest absolute Gasteiger partial charge is 0.343 e. The lowest BCUT2D eigenvalue weighted by Gasteiger charge is -2.29. The molecule has 0 saturated carbocycles. The van der Waals surface area contributed by atoms with Crippen LogP contribution in [0, 0.1) is 0 Å². The number of hydrogen-bond donors (Lipinski definition) is 1. The Morgan fingerprint density at radius 1 is 1.71 bits per heavy atom. The monoisotopic (exact) mass is 196 g/mol. The van der Waals surface area contributed by atoms with Gasteiger partial charge in [-0.15, -0.1) is 0 Å². The van der Waals surface area contributed by atoms with Crippen LogP contribution in [0.1, 0.15) is 18.7 Å². The molecule has 1 unspecified atom stereocenters. The minimum Gasteiger partial charge on any atom is -0.343 e. The van der Waals surface area contributed by atoms with E-state index in [2.05, 4.69) is 31.9 Å². The summed E-state index contributed by atoms with van der Waals surface area (Å²) in [4.78, 5) is 6.31. The van der Waals surface area contributed by atoms with E-state index in [0.29, 0.717) is 12.6 Å². The maximum Gasteiger partial charge on any atom is 0.213 e. The third kappa shape index (κ3) is 2.52. The fourth-order valence-electron chi connectivity index (χ4n) is 1.84. The molecule has 0 aliphatic carbocycles. The fraction of sp³-hybridized carbons (Fsp3) is 0.778. The Labute approximate surface area is 83.5 Å². The quantitative estimate of drug-likeness (QED) is 0.751. The molecule has 1 N–H and O–H groups in total. The van der Waals surface area contributed by atoms with Gasteiger partial charge in [-0.25, -0.2) is 0 Å². The van der Waals surface area contributed by atoms with E-state index in [-0.39, 0.29) is 0 Å². The first-order chi connectivity index (χ1) is 6.84. The molecular formula is C9H16N4O. The zero-order chi connectivity index (χ0) is 9.80. The van der Waals surface area contributed by atoms with Crippen LogP contribution in [0.4, 0.5) is 0 Å². The van der Waals surface area contributed by atoms with Crippen molar-refractivity contribution in [3.63, 3.8) is 0 Å². The van der Waals surface area contributed by atoms with E-state index in [4.69, 9.17) is 0 Å². The number of nitrogens with zero attached hydrogens (tertiary/aromatic N) is 3. The highest BCUT2D eigenvalue weighted by Crippen LogP contribution is 2.07. The van der Waals surface area contributed by atoms with Crippen LogP contribution in [0.2, 0.25) is 0 Å². The molecule has 1 aromatic heterocycles. The van der Waals surface area contributed by atoms with Gasteiger partial charge >= 0.3 is 0 Å². The Kier molecular flexibility index (Phi) is 3.10. The molecule has 0 bridgehead atoms. The predicted molar refractivity (Wildman–Crippen MR) is 51.7 cm³/mol. The molecule has 78 valence electrons.